The summed E-state index contributed by atoms with van der Waals surface area (Å²) < 4.78 is 49.3. The summed E-state index contributed by atoms with van der Waals surface area (Å²) in [5.41, 5.74) is -0.426. The zero-order valence-corrected chi connectivity index (χ0v) is 23.0. The van der Waals surface area contributed by atoms with E-state index in [1.165, 1.54) is 26.1 Å². The molecule has 12 nitrogen and oxygen atoms in total. The summed E-state index contributed by atoms with van der Waals surface area (Å²) in [6.45, 7) is 4.17. The first-order chi connectivity index (χ1) is 20.1. The van der Waals surface area contributed by atoms with Gasteiger partial charge >= 0.3 is 12.3 Å². The highest BCUT2D eigenvalue weighted by Crippen LogP contribution is 2.30. The molecule has 15 heteroatoms. The molecular formula is C27H28F3N9O3. The number of halogens is 3. The van der Waals surface area contributed by atoms with E-state index >= 15 is 0 Å². The fourth-order valence-corrected chi connectivity index (χ4v) is 4.78. The first-order valence-electron chi connectivity index (χ1n) is 13.3. The van der Waals surface area contributed by atoms with Crippen LogP contribution in [0.25, 0.3) is 22.6 Å². The van der Waals surface area contributed by atoms with Crippen molar-refractivity contribution in [1.29, 1.82) is 5.26 Å². The van der Waals surface area contributed by atoms with Crippen LogP contribution in [0.4, 0.5) is 18.0 Å². The van der Waals surface area contributed by atoms with Gasteiger partial charge in [-0.25, -0.2) is 9.78 Å². The SMILES string of the molecule is CCCn1c(C#N)nc2nc(-c3cnn(Cc4cccc(C(F)(F)F)c4)c3)n(COC(=O)N3CCN(C)CC3)c2c1=O. The molecule has 0 radical (unpaired) electrons. The summed E-state index contributed by atoms with van der Waals surface area (Å²) in [4.78, 5) is 38.9. The number of rotatable bonds is 7. The van der Waals surface area contributed by atoms with Crippen LogP contribution in [0.15, 0.2) is 41.5 Å². The number of carbonyl (C=O) groups excluding carboxylic acids is 1. The average molecular weight is 584 g/mol. The number of benzene rings is 1. The first kappa shape index (κ1) is 28.8. The number of alkyl halides is 3. The van der Waals surface area contributed by atoms with Crippen molar-refractivity contribution < 1.29 is 22.7 Å². The lowest BCUT2D eigenvalue weighted by molar-refractivity contribution is -0.137. The van der Waals surface area contributed by atoms with Crippen molar-refractivity contribution >= 4 is 17.3 Å². The first-order valence-corrected chi connectivity index (χ1v) is 13.3. The third-order valence-electron chi connectivity index (χ3n) is 6.98. The second kappa shape index (κ2) is 11.6. The Labute approximate surface area is 238 Å². The standard InChI is InChI=1S/C27H28F3N9O3/c1-3-7-38-21(13-31)33-23-22(25(38)40)39(17-42-26(41)36-10-8-35(2)9-11-36)24(34-23)19-14-32-37(16-19)15-18-5-4-6-20(12-18)27(28,29)30/h4-6,12,14,16H,3,7-11,15,17H2,1-2H3. The van der Waals surface area contributed by atoms with Crippen LogP contribution in [-0.4, -0.2) is 78.0 Å². The van der Waals surface area contributed by atoms with Gasteiger partial charge in [-0.2, -0.15) is 28.5 Å². The lowest BCUT2D eigenvalue weighted by atomic mass is 10.1. The van der Waals surface area contributed by atoms with Gasteiger partial charge in [0.1, 0.15) is 11.9 Å². The summed E-state index contributed by atoms with van der Waals surface area (Å²) in [5, 5.41) is 13.9. The van der Waals surface area contributed by atoms with Gasteiger partial charge in [-0.1, -0.05) is 19.1 Å². The lowest BCUT2D eigenvalue weighted by Crippen LogP contribution is -2.47. The number of amides is 1. The maximum Gasteiger partial charge on any atom is 0.416 e. The number of likely N-dealkylation sites (N-methyl/N-ethyl adjacent to an activating group) is 1. The van der Waals surface area contributed by atoms with E-state index in [1.54, 1.807) is 17.2 Å². The predicted octanol–water partition coefficient (Wildman–Crippen LogP) is 3.15. The summed E-state index contributed by atoms with van der Waals surface area (Å²) in [6.07, 6.45) is -1.44. The van der Waals surface area contributed by atoms with Crippen molar-refractivity contribution in [1.82, 2.24) is 38.7 Å². The molecule has 4 aromatic rings. The molecule has 0 aliphatic carbocycles. The molecule has 1 aromatic carbocycles. The Hall–Kier alpha value is -4.71. The monoisotopic (exact) mass is 583 g/mol. The Balaban J connectivity index is 1.51. The van der Waals surface area contributed by atoms with Crippen molar-refractivity contribution in [3.8, 4) is 17.5 Å². The zero-order chi connectivity index (χ0) is 30.0. The highest BCUT2D eigenvalue weighted by atomic mass is 19.4. The average Bonchev–Trinajstić information content (AvgIpc) is 3.57. The molecule has 0 saturated carbocycles. The molecule has 0 spiro atoms. The number of piperazine rings is 1. The van der Waals surface area contributed by atoms with Gasteiger partial charge in [0.15, 0.2) is 17.9 Å². The van der Waals surface area contributed by atoms with Crippen LogP contribution in [0, 0.1) is 11.3 Å². The van der Waals surface area contributed by atoms with Crippen LogP contribution in [-0.2, 0) is 30.7 Å². The largest absolute Gasteiger partial charge is 0.428 e. The number of nitriles is 1. The van der Waals surface area contributed by atoms with Crippen LogP contribution in [0.1, 0.15) is 30.3 Å². The van der Waals surface area contributed by atoms with E-state index in [2.05, 4.69) is 20.0 Å². The highest BCUT2D eigenvalue weighted by Gasteiger charge is 2.30. The van der Waals surface area contributed by atoms with Gasteiger partial charge in [0.25, 0.3) is 5.56 Å². The Kier molecular flexibility index (Phi) is 7.99. The molecule has 0 atom stereocenters. The number of fused-ring (bicyclic) bond motifs is 1. The van der Waals surface area contributed by atoms with Crippen molar-refractivity contribution in [2.24, 2.45) is 0 Å². The Bertz CT molecular complexity index is 1710. The number of hydrogen-bond donors (Lipinski definition) is 0. The van der Waals surface area contributed by atoms with E-state index < -0.39 is 23.4 Å². The van der Waals surface area contributed by atoms with E-state index in [9.17, 15) is 28.0 Å². The molecule has 42 heavy (non-hydrogen) atoms. The van der Waals surface area contributed by atoms with Crippen LogP contribution >= 0.6 is 0 Å². The van der Waals surface area contributed by atoms with Crippen LogP contribution < -0.4 is 5.56 Å². The molecule has 1 aliphatic rings. The fraction of sp³-hybridized carbons (Fsp3) is 0.407. The van der Waals surface area contributed by atoms with Crippen molar-refractivity contribution in [3.63, 3.8) is 0 Å². The van der Waals surface area contributed by atoms with Gasteiger partial charge in [0.05, 0.1) is 23.9 Å². The molecule has 220 valence electrons. The predicted molar refractivity (Wildman–Crippen MR) is 144 cm³/mol. The highest BCUT2D eigenvalue weighted by molar-refractivity contribution is 5.77. The van der Waals surface area contributed by atoms with Gasteiger partial charge in [-0.15, -0.1) is 0 Å². The summed E-state index contributed by atoms with van der Waals surface area (Å²) in [5.74, 6) is 0.106. The van der Waals surface area contributed by atoms with Gasteiger partial charge in [0, 0.05) is 38.9 Å². The van der Waals surface area contributed by atoms with Crippen molar-refractivity contribution in [2.45, 2.75) is 39.3 Å². The van der Waals surface area contributed by atoms with Crippen LogP contribution in [0.2, 0.25) is 0 Å². The normalized spacial score (nSPS) is 14.3. The van der Waals surface area contributed by atoms with Crippen molar-refractivity contribution in [3.05, 3.63) is 64.0 Å². The molecule has 0 bridgehead atoms. The van der Waals surface area contributed by atoms with Gasteiger partial charge < -0.3 is 14.5 Å². The minimum Gasteiger partial charge on any atom is -0.428 e. The quantitative estimate of drug-likeness (QED) is 0.325. The molecule has 3 aromatic heterocycles. The van der Waals surface area contributed by atoms with E-state index in [-0.39, 0.29) is 42.6 Å². The van der Waals surface area contributed by atoms with Crippen LogP contribution in [0.3, 0.4) is 0 Å². The topological polar surface area (TPSA) is 127 Å². The third-order valence-corrected chi connectivity index (χ3v) is 6.98. The molecule has 5 rings (SSSR count). The number of aromatic nitrogens is 6. The van der Waals surface area contributed by atoms with E-state index in [0.717, 1.165) is 12.1 Å². The fourth-order valence-electron chi connectivity index (χ4n) is 4.78. The number of nitrogens with zero attached hydrogens (tertiary/aromatic N) is 9. The number of hydrogen-bond acceptors (Lipinski definition) is 8. The Morgan fingerprint density at radius 1 is 1.14 bits per heavy atom. The molecular weight excluding hydrogens is 555 g/mol. The van der Waals surface area contributed by atoms with Gasteiger partial charge in [0.2, 0.25) is 5.82 Å². The summed E-state index contributed by atoms with van der Waals surface area (Å²) in [7, 11) is 1.96. The van der Waals surface area contributed by atoms with E-state index in [1.807, 2.05) is 20.0 Å². The molecule has 1 saturated heterocycles. The maximum atomic E-state index is 13.5. The molecule has 1 amide bonds. The molecule has 1 aliphatic heterocycles. The van der Waals surface area contributed by atoms with E-state index in [4.69, 9.17) is 4.74 Å². The minimum atomic E-state index is -4.47. The zero-order valence-electron chi connectivity index (χ0n) is 23.0. The molecule has 1 fully saturated rings. The van der Waals surface area contributed by atoms with Crippen molar-refractivity contribution in [2.75, 3.05) is 33.2 Å². The summed E-state index contributed by atoms with van der Waals surface area (Å²) in [6, 6.07) is 6.88. The lowest BCUT2D eigenvalue weighted by Gasteiger charge is -2.31. The Morgan fingerprint density at radius 3 is 2.60 bits per heavy atom. The molecule has 0 N–H and O–H groups in total. The smallest absolute Gasteiger partial charge is 0.416 e. The molecule has 0 unspecified atom stereocenters. The maximum absolute atomic E-state index is 13.5. The second-order valence-corrected chi connectivity index (χ2v) is 9.99. The second-order valence-electron chi connectivity index (χ2n) is 9.99. The van der Waals surface area contributed by atoms with Gasteiger partial charge in [-0.3, -0.25) is 18.6 Å². The van der Waals surface area contributed by atoms with E-state index in [0.29, 0.717) is 43.7 Å². The third kappa shape index (κ3) is 5.84. The minimum absolute atomic E-state index is 0.000165. The van der Waals surface area contributed by atoms with Crippen LogP contribution in [0.5, 0.6) is 0 Å². The molecule has 4 heterocycles. The van der Waals surface area contributed by atoms with Gasteiger partial charge in [-0.05, 0) is 31.2 Å². The Morgan fingerprint density at radius 2 is 1.90 bits per heavy atom. The number of ether oxygens (including phenoxy) is 1. The number of carbonyl (C=O) groups is 1. The summed E-state index contributed by atoms with van der Waals surface area (Å²) >= 11 is 0. The number of imidazole rings is 1.